The van der Waals surface area contributed by atoms with Crippen molar-refractivity contribution in [3.8, 4) is 0 Å². The molecule has 0 aromatic heterocycles. The van der Waals surface area contributed by atoms with E-state index < -0.39 is 0 Å². The van der Waals surface area contributed by atoms with Crippen molar-refractivity contribution in [3.05, 3.63) is 34.3 Å². The number of carbonyl (C=O) groups excluding carboxylic acids is 1. The van der Waals surface area contributed by atoms with Crippen LogP contribution in [0, 0.1) is 6.92 Å². The van der Waals surface area contributed by atoms with Gasteiger partial charge < -0.3 is 0 Å². The molecule has 0 aliphatic rings. The monoisotopic (exact) mass is 294 g/mol. The third-order valence-electron chi connectivity index (χ3n) is 3.76. The standard InChI is InChI=1S/C18H27ClO/c1-3-4-5-6-7-8-9-10-11-18(20)17-14-16(19)13-12-15(17)2/h12-14H,3-11H2,1-2H3. The molecular weight excluding hydrogens is 268 g/mol. The van der Waals surface area contributed by atoms with Crippen molar-refractivity contribution in [2.45, 2.75) is 71.6 Å². The average Bonchev–Trinajstić information content (AvgIpc) is 2.44. The van der Waals surface area contributed by atoms with Gasteiger partial charge in [0.25, 0.3) is 0 Å². The molecule has 0 aliphatic heterocycles. The number of Topliss-reactive ketones (excluding diaryl/α,β-unsaturated/α-hetero) is 1. The van der Waals surface area contributed by atoms with Gasteiger partial charge in [0.15, 0.2) is 5.78 Å². The van der Waals surface area contributed by atoms with Gasteiger partial charge in [-0.3, -0.25) is 4.79 Å². The molecule has 0 unspecified atom stereocenters. The molecule has 0 atom stereocenters. The van der Waals surface area contributed by atoms with Crippen molar-refractivity contribution in [2.24, 2.45) is 0 Å². The largest absolute Gasteiger partial charge is 0.294 e. The second kappa shape index (κ2) is 9.99. The van der Waals surface area contributed by atoms with E-state index in [0.717, 1.165) is 24.0 Å². The van der Waals surface area contributed by atoms with Gasteiger partial charge >= 0.3 is 0 Å². The van der Waals surface area contributed by atoms with E-state index in [-0.39, 0.29) is 5.78 Å². The Kier molecular flexibility index (Phi) is 8.60. The third kappa shape index (κ3) is 6.56. The zero-order chi connectivity index (χ0) is 14.8. The summed E-state index contributed by atoms with van der Waals surface area (Å²) in [6, 6.07) is 5.55. The Morgan fingerprint density at radius 2 is 1.60 bits per heavy atom. The van der Waals surface area contributed by atoms with Crippen LogP contribution in [0.5, 0.6) is 0 Å². The molecule has 0 fully saturated rings. The SMILES string of the molecule is CCCCCCCCCCC(=O)c1cc(Cl)ccc1C. The minimum absolute atomic E-state index is 0.232. The highest BCUT2D eigenvalue weighted by Gasteiger charge is 2.09. The normalized spacial score (nSPS) is 10.8. The Balaban J connectivity index is 2.18. The van der Waals surface area contributed by atoms with E-state index in [1.54, 1.807) is 6.07 Å². The summed E-state index contributed by atoms with van der Waals surface area (Å²) in [7, 11) is 0. The Hall–Kier alpha value is -0.820. The predicted molar refractivity (Wildman–Crippen MR) is 87.7 cm³/mol. The van der Waals surface area contributed by atoms with Crippen LogP contribution in [0.3, 0.4) is 0 Å². The van der Waals surface area contributed by atoms with Gasteiger partial charge in [0.05, 0.1) is 0 Å². The molecule has 0 saturated carbocycles. The molecular formula is C18H27ClO. The molecule has 0 heterocycles. The second-order valence-electron chi connectivity index (χ2n) is 5.61. The van der Waals surface area contributed by atoms with Crippen LogP contribution in [0.2, 0.25) is 5.02 Å². The molecule has 1 aromatic rings. The minimum atomic E-state index is 0.232. The van der Waals surface area contributed by atoms with Gasteiger partial charge in [0.1, 0.15) is 0 Å². The summed E-state index contributed by atoms with van der Waals surface area (Å²) < 4.78 is 0. The lowest BCUT2D eigenvalue weighted by Gasteiger charge is -2.06. The summed E-state index contributed by atoms with van der Waals surface area (Å²) in [5.41, 5.74) is 1.82. The second-order valence-corrected chi connectivity index (χ2v) is 6.04. The molecule has 0 spiro atoms. The lowest BCUT2D eigenvalue weighted by molar-refractivity contribution is 0.0978. The van der Waals surface area contributed by atoms with Gasteiger partial charge in [-0.05, 0) is 31.0 Å². The van der Waals surface area contributed by atoms with E-state index in [9.17, 15) is 4.79 Å². The quantitative estimate of drug-likeness (QED) is 0.362. The maximum atomic E-state index is 12.1. The third-order valence-corrected chi connectivity index (χ3v) is 3.99. The Morgan fingerprint density at radius 3 is 2.25 bits per heavy atom. The maximum Gasteiger partial charge on any atom is 0.163 e. The number of rotatable bonds is 10. The van der Waals surface area contributed by atoms with Crippen molar-refractivity contribution in [2.75, 3.05) is 0 Å². The van der Waals surface area contributed by atoms with E-state index in [0.29, 0.717) is 11.4 Å². The molecule has 20 heavy (non-hydrogen) atoms. The van der Waals surface area contributed by atoms with Crippen LogP contribution in [0.4, 0.5) is 0 Å². The van der Waals surface area contributed by atoms with E-state index in [1.165, 1.54) is 38.5 Å². The van der Waals surface area contributed by atoms with Gasteiger partial charge in [0.2, 0.25) is 0 Å². The lowest BCUT2D eigenvalue weighted by atomic mass is 9.99. The fraction of sp³-hybridized carbons (Fsp3) is 0.611. The molecule has 1 rings (SSSR count). The summed E-state index contributed by atoms with van der Waals surface area (Å²) >= 11 is 5.95. The van der Waals surface area contributed by atoms with Gasteiger partial charge in [-0.2, -0.15) is 0 Å². The number of ketones is 1. The predicted octanol–water partition coefficient (Wildman–Crippen LogP) is 6.36. The molecule has 0 aliphatic carbocycles. The van der Waals surface area contributed by atoms with E-state index in [2.05, 4.69) is 6.92 Å². The molecule has 0 saturated heterocycles. The van der Waals surface area contributed by atoms with Crippen LogP contribution >= 0.6 is 11.6 Å². The van der Waals surface area contributed by atoms with Crippen LogP contribution in [-0.4, -0.2) is 5.78 Å². The van der Waals surface area contributed by atoms with Crippen LogP contribution in [-0.2, 0) is 0 Å². The Morgan fingerprint density at radius 1 is 1.00 bits per heavy atom. The molecule has 0 bridgehead atoms. The molecule has 0 radical (unpaired) electrons. The minimum Gasteiger partial charge on any atom is -0.294 e. The smallest absolute Gasteiger partial charge is 0.163 e. The number of aryl methyl sites for hydroxylation is 1. The first kappa shape index (κ1) is 17.2. The summed E-state index contributed by atoms with van der Waals surface area (Å²) in [5, 5.41) is 0.648. The van der Waals surface area contributed by atoms with Crippen LogP contribution in [0.15, 0.2) is 18.2 Å². The number of carbonyl (C=O) groups is 1. The first-order valence-corrected chi connectivity index (χ1v) is 8.32. The van der Waals surface area contributed by atoms with Crippen molar-refractivity contribution in [1.82, 2.24) is 0 Å². The fourth-order valence-corrected chi connectivity index (χ4v) is 2.62. The van der Waals surface area contributed by atoms with Gasteiger partial charge in [-0.15, -0.1) is 0 Å². The van der Waals surface area contributed by atoms with E-state index in [1.807, 2.05) is 19.1 Å². The maximum absolute atomic E-state index is 12.1. The molecule has 0 amide bonds. The molecule has 112 valence electrons. The summed E-state index contributed by atoms with van der Waals surface area (Å²) in [4.78, 5) is 12.1. The van der Waals surface area contributed by atoms with Gasteiger partial charge in [0, 0.05) is 17.0 Å². The average molecular weight is 295 g/mol. The molecule has 2 heteroatoms. The number of unbranched alkanes of at least 4 members (excludes halogenated alkanes) is 7. The highest BCUT2D eigenvalue weighted by molar-refractivity contribution is 6.31. The number of benzene rings is 1. The Labute approximate surface area is 128 Å². The van der Waals surface area contributed by atoms with E-state index in [4.69, 9.17) is 11.6 Å². The van der Waals surface area contributed by atoms with Crippen molar-refractivity contribution < 1.29 is 4.79 Å². The van der Waals surface area contributed by atoms with Crippen LogP contribution in [0.25, 0.3) is 0 Å². The van der Waals surface area contributed by atoms with Crippen molar-refractivity contribution in [1.29, 1.82) is 0 Å². The number of halogens is 1. The highest BCUT2D eigenvalue weighted by atomic mass is 35.5. The first-order valence-electron chi connectivity index (χ1n) is 7.94. The Bertz CT molecular complexity index is 412. The summed E-state index contributed by atoms with van der Waals surface area (Å²) in [6.45, 7) is 4.21. The molecule has 0 N–H and O–H groups in total. The van der Waals surface area contributed by atoms with Gasteiger partial charge in [-0.1, -0.05) is 69.5 Å². The number of hydrogen-bond donors (Lipinski definition) is 0. The topological polar surface area (TPSA) is 17.1 Å². The molecule has 1 aromatic carbocycles. The first-order chi connectivity index (χ1) is 9.65. The lowest BCUT2D eigenvalue weighted by Crippen LogP contribution is -2.01. The highest BCUT2D eigenvalue weighted by Crippen LogP contribution is 2.18. The summed E-state index contributed by atoms with van der Waals surface area (Å²) in [5.74, 6) is 0.232. The fourth-order valence-electron chi connectivity index (χ4n) is 2.45. The number of hydrogen-bond acceptors (Lipinski definition) is 1. The summed E-state index contributed by atoms with van der Waals surface area (Å²) in [6.07, 6.45) is 10.7. The van der Waals surface area contributed by atoms with Crippen molar-refractivity contribution in [3.63, 3.8) is 0 Å². The zero-order valence-corrected chi connectivity index (χ0v) is 13.6. The van der Waals surface area contributed by atoms with E-state index >= 15 is 0 Å². The van der Waals surface area contributed by atoms with Crippen LogP contribution < -0.4 is 0 Å². The molecule has 1 nitrogen and oxygen atoms in total. The van der Waals surface area contributed by atoms with Crippen LogP contribution in [0.1, 0.15) is 80.6 Å². The zero-order valence-electron chi connectivity index (χ0n) is 12.9. The van der Waals surface area contributed by atoms with Crippen molar-refractivity contribution >= 4 is 17.4 Å². The van der Waals surface area contributed by atoms with Gasteiger partial charge in [-0.25, -0.2) is 0 Å².